The van der Waals surface area contributed by atoms with Crippen LogP contribution >= 0.6 is 0 Å². The van der Waals surface area contributed by atoms with Crippen LogP contribution in [-0.2, 0) is 0 Å². The van der Waals surface area contributed by atoms with Crippen LogP contribution in [0.3, 0.4) is 0 Å². The van der Waals surface area contributed by atoms with E-state index in [4.69, 9.17) is 10.5 Å². The molecule has 0 spiro atoms. The molecule has 1 amide bonds. The second-order valence-corrected chi connectivity index (χ2v) is 4.17. The van der Waals surface area contributed by atoms with Crippen LogP contribution in [0.5, 0.6) is 5.75 Å². The molecule has 1 heterocycles. The number of aryl methyl sites for hydroxylation is 2. The summed E-state index contributed by atoms with van der Waals surface area (Å²) in [5.74, 6) is 0.347. The van der Waals surface area contributed by atoms with Crippen molar-refractivity contribution in [1.29, 1.82) is 0 Å². The molecule has 1 aromatic carbocycles. The average molecular weight is 245 g/mol. The zero-order chi connectivity index (χ0) is 13.3. The average Bonchev–Trinajstić information content (AvgIpc) is 2.77. The maximum atomic E-state index is 11.0. The van der Waals surface area contributed by atoms with Crippen molar-refractivity contribution in [3.63, 3.8) is 0 Å². The quantitative estimate of drug-likeness (QED) is 0.865. The third kappa shape index (κ3) is 2.07. The van der Waals surface area contributed by atoms with E-state index in [1.165, 1.54) is 0 Å². The van der Waals surface area contributed by atoms with E-state index in [2.05, 4.69) is 10.2 Å². The van der Waals surface area contributed by atoms with Gasteiger partial charge in [0.1, 0.15) is 11.4 Å². The third-order valence-electron chi connectivity index (χ3n) is 2.80. The summed E-state index contributed by atoms with van der Waals surface area (Å²) in [7, 11) is 1.65. The lowest BCUT2D eigenvalue weighted by Gasteiger charge is -2.09. The van der Waals surface area contributed by atoms with Gasteiger partial charge in [0.15, 0.2) is 0 Å². The van der Waals surface area contributed by atoms with Gasteiger partial charge in [-0.3, -0.25) is 9.89 Å². The lowest BCUT2D eigenvalue weighted by atomic mass is 10.0. The molecule has 2 aromatic rings. The van der Waals surface area contributed by atoms with Crippen LogP contribution in [0.25, 0.3) is 11.3 Å². The summed E-state index contributed by atoms with van der Waals surface area (Å²) < 4.78 is 5.31. The molecule has 3 N–H and O–H groups in total. The Kier molecular flexibility index (Phi) is 3.06. The second kappa shape index (κ2) is 4.52. The normalized spacial score (nSPS) is 10.4. The van der Waals surface area contributed by atoms with Gasteiger partial charge in [-0.1, -0.05) is 0 Å². The summed E-state index contributed by atoms with van der Waals surface area (Å²) in [5, 5.41) is 6.69. The number of carbonyl (C=O) groups excluding carboxylic acids is 1. The number of amides is 1. The highest BCUT2D eigenvalue weighted by atomic mass is 16.5. The number of carbonyl (C=O) groups is 1. The molecule has 5 heteroatoms. The maximum Gasteiger partial charge on any atom is 0.266 e. The van der Waals surface area contributed by atoms with Crippen LogP contribution in [0, 0.1) is 13.8 Å². The fraction of sp³-hybridized carbons (Fsp3) is 0.231. The molecule has 0 bridgehead atoms. The minimum atomic E-state index is -0.518. The van der Waals surface area contributed by atoms with Crippen molar-refractivity contribution in [2.75, 3.05) is 7.11 Å². The Hall–Kier alpha value is -2.30. The first-order valence-corrected chi connectivity index (χ1v) is 5.53. The van der Waals surface area contributed by atoms with E-state index in [1.807, 2.05) is 26.0 Å². The van der Waals surface area contributed by atoms with E-state index < -0.39 is 5.91 Å². The number of nitrogens with zero attached hydrogens (tertiary/aromatic N) is 1. The number of rotatable bonds is 3. The molecule has 0 radical (unpaired) electrons. The van der Waals surface area contributed by atoms with Gasteiger partial charge in [-0.25, -0.2) is 0 Å². The van der Waals surface area contributed by atoms with Gasteiger partial charge in [0.2, 0.25) is 0 Å². The Morgan fingerprint density at radius 3 is 2.33 bits per heavy atom. The highest BCUT2D eigenvalue weighted by Gasteiger charge is 2.11. The van der Waals surface area contributed by atoms with Crippen LogP contribution < -0.4 is 10.5 Å². The number of primary amides is 1. The van der Waals surface area contributed by atoms with Crippen molar-refractivity contribution in [3.05, 3.63) is 35.0 Å². The third-order valence-corrected chi connectivity index (χ3v) is 2.80. The van der Waals surface area contributed by atoms with Gasteiger partial charge < -0.3 is 10.5 Å². The summed E-state index contributed by atoms with van der Waals surface area (Å²) >= 11 is 0. The van der Waals surface area contributed by atoms with Gasteiger partial charge in [-0.05, 0) is 43.2 Å². The van der Waals surface area contributed by atoms with Crippen molar-refractivity contribution in [2.45, 2.75) is 13.8 Å². The van der Waals surface area contributed by atoms with Crippen LogP contribution in [0.2, 0.25) is 0 Å². The Morgan fingerprint density at radius 2 is 1.89 bits per heavy atom. The lowest BCUT2D eigenvalue weighted by molar-refractivity contribution is 0.0995. The van der Waals surface area contributed by atoms with Gasteiger partial charge in [0, 0.05) is 5.56 Å². The summed E-state index contributed by atoms with van der Waals surface area (Å²) in [6.45, 7) is 3.94. The van der Waals surface area contributed by atoms with E-state index in [9.17, 15) is 4.79 Å². The van der Waals surface area contributed by atoms with Crippen LogP contribution in [0.4, 0.5) is 0 Å². The number of hydrogen-bond acceptors (Lipinski definition) is 3. The first kappa shape index (κ1) is 12.2. The van der Waals surface area contributed by atoms with Crippen molar-refractivity contribution in [2.24, 2.45) is 5.73 Å². The number of nitrogens with one attached hydrogen (secondary N) is 1. The van der Waals surface area contributed by atoms with E-state index in [0.717, 1.165) is 22.4 Å². The number of H-pyrrole nitrogens is 1. The Morgan fingerprint density at radius 1 is 1.28 bits per heavy atom. The minimum Gasteiger partial charge on any atom is -0.496 e. The molecule has 0 aliphatic carbocycles. The number of aromatic nitrogens is 2. The highest BCUT2D eigenvalue weighted by molar-refractivity contribution is 5.91. The fourth-order valence-corrected chi connectivity index (χ4v) is 2.02. The predicted octanol–water partition coefficient (Wildman–Crippen LogP) is 1.80. The zero-order valence-corrected chi connectivity index (χ0v) is 10.6. The number of aromatic amines is 1. The van der Waals surface area contributed by atoms with Crippen LogP contribution in [0.15, 0.2) is 18.2 Å². The molecule has 0 aliphatic heterocycles. The van der Waals surface area contributed by atoms with Crippen molar-refractivity contribution in [3.8, 4) is 17.0 Å². The highest BCUT2D eigenvalue weighted by Crippen LogP contribution is 2.29. The van der Waals surface area contributed by atoms with Gasteiger partial charge in [0.25, 0.3) is 5.91 Å². The van der Waals surface area contributed by atoms with Crippen molar-refractivity contribution in [1.82, 2.24) is 10.2 Å². The molecule has 0 saturated heterocycles. The van der Waals surface area contributed by atoms with Gasteiger partial charge in [0.05, 0.1) is 12.8 Å². The topological polar surface area (TPSA) is 81.0 Å². The maximum absolute atomic E-state index is 11.0. The Balaban J connectivity index is 2.47. The number of ether oxygens (including phenoxy) is 1. The number of hydrogen-bond donors (Lipinski definition) is 2. The molecule has 1 aromatic heterocycles. The van der Waals surface area contributed by atoms with Gasteiger partial charge in [-0.2, -0.15) is 5.10 Å². The molecule has 5 nitrogen and oxygen atoms in total. The van der Waals surface area contributed by atoms with Crippen LogP contribution in [-0.4, -0.2) is 23.2 Å². The van der Waals surface area contributed by atoms with E-state index in [-0.39, 0.29) is 0 Å². The van der Waals surface area contributed by atoms with Crippen molar-refractivity contribution < 1.29 is 9.53 Å². The van der Waals surface area contributed by atoms with E-state index in [0.29, 0.717) is 11.4 Å². The predicted molar refractivity (Wildman–Crippen MR) is 68.6 cm³/mol. The van der Waals surface area contributed by atoms with E-state index in [1.54, 1.807) is 13.2 Å². The lowest BCUT2D eigenvalue weighted by Crippen LogP contribution is -2.10. The SMILES string of the molecule is COc1c(C)cc(-c2cc(C(N)=O)[nH]n2)cc1C. The smallest absolute Gasteiger partial charge is 0.266 e. The first-order valence-electron chi connectivity index (χ1n) is 5.53. The monoisotopic (exact) mass is 245 g/mol. The van der Waals surface area contributed by atoms with Gasteiger partial charge in [-0.15, -0.1) is 0 Å². The number of nitrogens with two attached hydrogens (primary N) is 1. The molecule has 94 valence electrons. The summed E-state index contributed by atoms with van der Waals surface area (Å²) in [5.41, 5.74) is 9.15. The largest absolute Gasteiger partial charge is 0.496 e. The molecular weight excluding hydrogens is 230 g/mol. The molecule has 0 unspecified atom stereocenters. The van der Waals surface area contributed by atoms with Crippen LogP contribution in [0.1, 0.15) is 21.6 Å². The second-order valence-electron chi connectivity index (χ2n) is 4.17. The molecular formula is C13H15N3O2. The zero-order valence-electron chi connectivity index (χ0n) is 10.6. The van der Waals surface area contributed by atoms with Gasteiger partial charge >= 0.3 is 0 Å². The minimum absolute atomic E-state index is 0.302. The molecule has 0 fully saturated rings. The summed E-state index contributed by atoms with van der Waals surface area (Å²) in [4.78, 5) is 11.0. The van der Waals surface area contributed by atoms with E-state index >= 15 is 0 Å². The molecule has 0 atom stereocenters. The molecule has 0 aliphatic rings. The standard InChI is InChI=1S/C13H15N3O2/c1-7-4-9(5-8(2)12(7)18-3)10-6-11(13(14)17)16-15-10/h4-6H,1-3H3,(H2,14,17)(H,15,16). The molecule has 18 heavy (non-hydrogen) atoms. The molecule has 0 saturated carbocycles. The summed E-state index contributed by atoms with van der Waals surface area (Å²) in [6, 6.07) is 5.57. The first-order chi connectivity index (χ1) is 8.52. The Bertz CT molecular complexity index is 579. The summed E-state index contributed by atoms with van der Waals surface area (Å²) in [6.07, 6.45) is 0. The number of benzene rings is 1. The fourth-order valence-electron chi connectivity index (χ4n) is 2.02. The number of methoxy groups -OCH3 is 1. The Labute approximate surface area is 105 Å². The van der Waals surface area contributed by atoms with Crippen molar-refractivity contribution >= 4 is 5.91 Å². The molecule has 2 rings (SSSR count).